The number of fused-ring (bicyclic) bond motifs is 2. The summed E-state index contributed by atoms with van der Waals surface area (Å²) in [6.07, 6.45) is -1.39. The molecule has 4 aromatic rings. The van der Waals surface area contributed by atoms with Crippen molar-refractivity contribution in [3.8, 4) is 0 Å². The van der Waals surface area contributed by atoms with Crippen LogP contribution in [0, 0.1) is 12.0 Å². The van der Waals surface area contributed by atoms with E-state index in [9.17, 15) is 36.4 Å². The molecule has 11 nitrogen and oxygen atoms in total. The molecule has 1 aliphatic rings. The summed E-state index contributed by atoms with van der Waals surface area (Å²) in [7, 11) is -4.94. The predicted molar refractivity (Wildman–Crippen MR) is 145 cm³/mol. The van der Waals surface area contributed by atoms with Crippen LogP contribution in [0.25, 0.3) is 0 Å². The van der Waals surface area contributed by atoms with Crippen LogP contribution in [0.1, 0.15) is 31.8 Å². The average molecular weight is 602 g/mol. The maximum Gasteiger partial charge on any atom is 0.313 e. The summed E-state index contributed by atoms with van der Waals surface area (Å²) < 4.78 is 62.1. The molecule has 1 heterocycles. The van der Waals surface area contributed by atoms with E-state index in [0.717, 1.165) is 6.07 Å². The minimum Gasteiger partial charge on any atom is -0.397 e. The van der Waals surface area contributed by atoms with Crippen LogP contribution in [0.15, 0.2) is 59.5 Å². The van der Waals surface area contributed by atoms with Gasteiger partial charge in [-0.3, -0.25) is 14.1 Å². The molecule has 0 atom stereocenters. The molecule has 5 rings (SSSR count). The Morgan fingerprint density at radius 3 is 2.27 bits per heavy atom. The second kappa shape index (κ2) is 10.5. The summed E-state index contributed by atoms with van der Waals surface area (Å²) in [5, 5.41) is 11.9. The molecular weight excluding hydrogens is 584 g/mol. The van der Waals surface area contributed by atoms with Crippen molar-refractivity contribution in [2.24, 2.45) is 0 Å². The number of nitrogens with zero attached hydrogens (tertiary/aromatic N) is 3. The molecule has 41 heavy (non-hydrogen) atoms. The molecule has 0 aliphatic heterocycles. The van der Waals surface area contributed by atoms with E-state index >= 15 is 0 Å². The molecule has 0 fully saturated rings. The van der Waals surface area contributed by atoms with Crippen LogP contribution >= 0.6 is 11.6 Å². The molecule has 0 saturated carbocycles. The highest BCUT2D eigenvalue weighted by Gasteiger charge is 2.36. The summed E-state index contributed by atoms with van der Waals surface area (Å²) >= 11 is 5.97. The second-order valence-electron chi connectivity index (χ2n) is 8.74. The number of carbonyl (C=O) groups is 2. The summed E-state index contributed by atoms with van der Waals surface area (Å²) in [6, 6.07) is 12.8. The molecule has 0 spiro atoms. The van der Waals surface area contributed by atoms with Gasteiger partial charge in [-0.15, -0.1) is 0 Å². The van der Waals surface area contributed by atoms with Crippen LogP contribution in [0.3, 0.4) is 0 Å². The zero-order chi connectivity index (χ0) is 29.6. The van der Waals surface area contributed by atoms with Crippen molar-refractivity contribution in [1.82, 2.24) is 9.97 Å². The number of ketones is 2. The molecule has 1 aromatic heterocycles. The summed E-state index contributed by atoms with van der Waals surface area (Å²) in [4.78, 5) is 33.8. The van der Waals surface area contributed by atoms with E-state index in [2.05, 4.69) is 15.3 Å². The Morgan fingerprint density at radius 2 is 1.63 bits per heavy atom. The van der Waals surface area contributed by atoms with Crippen molar-refractivity contribution < 1.29 is 36.4 Å². The van der Waals surface area contributed by atoms with Crippen molar-refractivity contribution in [2.75, 3.05) is 29.1 Å². The Hall–Kier alpha value is -4.50. The summed E-state index contributed by atoms with van der Waals surface area (Å²) in [6.45, 7) is -0.673. The molecule has 0 amide bonds. The first-order valence-electron chi connectivity index (χ1n) is 11.7. The van der Waals surface area contributed by atoms with Gasteiger partial charge >= 0.3 is 6.08 Å². The maximum absolute atomic E-state index is 14.1. The lowest BCUT2D eigenvalue weighted by atomic mass is 9.82. The molecule has 5 N–H and O–H groups in total. The Labute approximate surface area is 236 Å². The van der Waals surface area contributed by atoms with Gasteiger partial charge in [0.1, 0.15) is 9.92 Å². The zero-order valence-electron chi connectivity index (χ0n) is 20.6. The minimum atomic E-state index is -4.94. The number of hydrogen-bond acceptors (Lipinski definition) is 10. The van der Waals surface area contributed by atoms with Gasteiger partial charge in [-0.1, -0.05) is 41.9 Å². The second-order valence-corrected chi connectivity index (χ2v) is 10.5. The smallest absolute Gasteiger partial charge is 0.313 e. The van der Waals surface area contributed by atoms with Gasteiger partial charge in [-0.2, -0.15) is 27.2 Å². The first-order chi connectivity index (χ1) is 19.4. The van der Waals surface area contributed by atoms with Gasteiger partial charge in [-0.25, -0.2) is 0 Å². The van der Waals surface area contributed by atoms with Crippen molar-refractivity contribution in [2.45, 2.75) is 4.90 Å². The van der Waals surface area contributed by atoms with Gasteiger partial charge in [-0.05, 0) is 24.3 Å². The number of nitrogen functional groups attached to an aromatic ring is 1. The lowest BCUT2D eigenvalue weighted by Crippen LogP contribution is -2.25. The molecule has 0 saturated heterocycles. The van der Waals surface area contributed by atoms with Gasteiger partial charge in [0.25, 0.3) is 10.1 Å². The largest absolute Gasteiger partial charge is 0.397 e. The Morgan fingerprint density at radius 1 is 0.976 bits per heavy atom. The average Bonchev–Trinajstić information content (AvgIpc) is 2.92. The van der Waals surface area contributed by atoms with Crippen molar-refractivity contribution in [1.29, 1.82) is 0 Å². The van der Waals surface area contributed by atoms with Gasteiger partial charge in [0, 0.05) is 29.0 Å². The van der Waals surface area contributed by atoms with Gasteiger partial charge in [0.15, 0.2) is 17.4 Å². The monoisotopic (exact) mass is 601 g/mol. The standard InChI is InChI=1S/C26H18ClF2N5O6S/c27-20-24(28)32-26(29)33-25(20)34(8-9-35)13-5-3-4-12(10-13)31-16-11-17(41(38,39)40)21(30)19-18(16)22(36)14-6-1-2-7-15(14)23(19)37/h1-7,10-11,31,35H,8-9,30H2,(H,38,39,40). The molecule has 15 heteroatoms. The third-order valence-electron chi connectivity index (χ3n) is 6.26. The third-order valence-corrected chi connectivity index (χ3v) is 7.48. The number of aliphatic hydroxyl groups excluding tert-OH is 1. The fourth-order valence-corrected chi connectivity index (χ4v) is 5.37. The van der Waals surface area contributed by atoms with E-state index in [1.165, 1.54) is 47.4 Å². The van der Waals surface area contributed by atoms with E-state index in [-0.39, 0.29) is 46.1 Å². The van der Waals surface area contributed by atoms with Crippen LogP contribution in [0.2, 0.25) is 5.02 Å². The van der Waals surface area contributed by atoms with Crippen LogP contribution in [-0.4, -0.2) is 52.8 Å². The Bertz CT molecular complexity index is 1870. The van der Waals surface area contributed by atoms with Crippen molar-refractivity contribution in [3.05, 3.63) is 93.9 Å². The number of rotatable bonds is 7. The molecule has 3 aromatic carbocycles. The van der Waals surface area contributed by atoms with E-state index in [4.69, 9.17) is 17.3 Å². The number of aromatic nitrogens is 2. The molecule has 1 aliphatic carbocycles. The highest BCUT2D eigenvalue weighted by atomic mass is 35.5. The number of nitrogens with one attached hydrogen (secondary N) is 1. The quantitative estimate of drug-likeness (QED) is 0.0921. The normalized spacial score (nSPS) is 12.6. The van der Waals surface area contributed by atoms with Crippen molar-refractivity contribution in [3.63, 3.8) is 0 Å². The van der Waals surface area contributed by atoms with E-state index in [0.29, 0.717) is 0 Å². The lowest BCUT2D eigenvalue weighted by molar-refractivity contribution is 0.0980. The first kappa shape index (κ1) is 28.0. The Balaban J connectivity index is 1.66. The minimum absolute atomic E-state index is 0.0120. The lowest BCUT2D eigenvalue weighted by Gasteiger charge is -2.25. The van der Waals surface area contributed by atoms with E-state index in [1.54, 1.807) is 6.07 Å². The van der Waals surface area contributed by atoms with Crippen LogP contribution in [0.5, 0.6) is 0 Å². The molecule has 210 valence electrons. The molecule has 0 radical (unpaired) electrons. The summed E-state index contributed by atoms with van der Waals surface area (Å²) in [5.74, 6) is -3.03. The van der Waals surface area contributed by atoms with E-state index in [1.807, 2.05) is 0 Å². The van der Waals surface area contributed by atoms with Gasteiger partial charge < -0.3 is 21.1 Å². The first-order valence-corrected chi connectivity index (χ1v) is 13.5. The maximum atomic E-state index is 14.1. The van der Waals surface area contributed by atoms with E-state index < -0.39 is 61.5 Å². The van der Waals surface area contributed by atoms with Crippen LogP contribution in [0.4, 0.5) is 37.3 Å². The molecular formula is C26H18ClF2N5O6S. The van der Waals surface area contributed by atoms with Crippen molar-refractivity contribution >= 4 is 61.9 Å². The van der Waals surface area contributed by atoms with Gasteiger partial charge in [0.05, 0.1) is 29.1 Å². The number of nitrogens with two attached hydrogens (primary N) is 1. The van der Waals surface area contributed by atoms with Crippen LogP contribution in [-0.2, 0) is 10.1 Å². The van der Waals surface area contributed by atoms with Crippen LogP contribution < -0.4 is 16.0 Å². The topological polar surface area (TPSA) is 176 Å². The third kappa shape index (κ3) is 4.97. The number of carbonyl (C=O) groups excluding carboxylic acids is 2. The molecule has 0 bridgehead atoms. The number of hydrogen-bond donors (Lipinski definition) is 4. The fourth-order valence-electron chi connectivity index (χ4n) is 4.53. The zero-order valence-corrected chi connectivity index (χ0v) is 22.2. The van der Waals surface area contributed by atoms with Gasteiger partial charge in [0.2, 0.25) is 5.95 Å². The molecule has 0 unspecified atom stereocenters. The number of benzene rings is 3. The number of halogens is 3. The highest BCUT2D eigenvalue weighted by Crippen LogP contribution is 2.40. The SMILES string of the molecule is Nc1c(S(=O)(=O)O)cc(Nc2cccc(N(CCO)c3nc(F)nc(F)c3Cl)c2)c2c1C(=O)c1ccccc1C2=O. The fraction of sp³-hybridized carbons (Fsp3) is 0.0769. The Kier molecular flexibility index (Phi) is 7.17. The summed E-state index contributed by atoms with van der Waals surface area (Å²) in [5.41, 5.74) is 5.12. The number of aliphatic hydroxyl groups is 1. The highest BCUT2D eigenvalue weighted by molar-refractivity contribution is 7.86. The number of anilines is 5. The predicted octanol–water partition coefficient (Wildman–Crippen LogP) is 3.89.